The molecule has 0 spiro atoms. The van der Waals surface area contributed by atoms with Crippen LogP contribution in [0.4, 0.5) is 0 Å². The molecule has 0 atom stereocenters. The first-order valence-corrected chi connectivity index (χ1v) is 7.41. The van der Waals surface area contributed by atoms with E-state index in [0.29, 0.717) is 0 Å². The van der Waals surface area contributed by atoms with Crippen molar-refractivity contribution in [1.29, 1.82) is 0 Å². The molecule has 6 heteroatoms. The highest BCUT2D eigenvalue weighted by atomic mass is 32.1. The van der Waals surface area contributed by atoms with Crippen LogP contribution in [0, 0.1) is 6.92 Å². The van der Waals surface area contributed by atoms with E-state index in [4.69, 9.17) is 0 Å². The van der Waals surface area contributed by atoms with E-state index in [1.165, 1.54) is 9.75 Å². The number of thiophene rings is 1. The summed E-state index contributed by atoms with van der Waals surface area (Å²) in [5.74, 6) is 0.816. The van der Waals surface area contributed by atoms with Gasteiger partial charge in [-0.3, -0.25) is 4.99 Å². The van der Waals surface area contributed by atoms with Crippen molar-refractivity contribution < 1.29 is 0 Å². The maximum absolute atomic E-state index is 4.23. The van der Waals surface area contributed by atoms with E-state index in [0.717, 1.165) is 24.7 Å². The number of hydrogen-bond acceptors (Lipinski definition) is 4. The Morgan fingerprint density at radius 1 is 1.33 bits per heavy atom. The topological polar surface area (TPSA) is 49.3 Å². The van der Waals surface area contributed by atoms with Gasteiger partial charge in [0.15, 0.2) is 5.96 Å². The van der Waals surface area contributed by atoms with Gasteiger partial charge in [-0.05, 0) is 18.4 Å². The first kappa shape index (κ1) is 13.0. The van der Waals surface area contributed by atoms with Crippen molar-refractivity contribution in [2.75, 3.05) is 7.05 Å². The predicted octanol–water partition coefficient (Wildman–Crippen LogP) is 2.38. The van der Waals surface area contributed by atoms with E-state index >= 15 is 0 Å². The third kappa shape index (κ3) is 3.54. The quantitative estimate of drug-likeness (QED) is 0.668. The van der Waals surface area contributed by atoms with Gasteiger partial charge in [-0.25, -0.2) is 4.98 Å². The zero-order valence-corrected chi connectivity index (χ0v) is 12.1. The third-order valence-corrected chi connectivity index (χ3v) is 4.31. The van der Waals surface area contributed by atoms with Crippen molar-refractivity contribution in [1.82, 2.24) is 15.6 Å². The van der Waals surface area contributed by atoms with Crippen LogP contribution in [0.1, 0.15) is 15.4 Å². The Labute approximate surface area is 115 Å². The van der Waals surface area contributed by atoms with Crippen LogP contribution in [0.5, 0.6) is 0 Å². The SMILES string of the molecule is CN=C(NCc1cccs1)NCc1scnc1C. The van der Waals surface area contributed by atoms with Crippen molar-refractivity contribution in [3.05, 3.63) is 38.5 Å². The van der Waals surface area contributed by atoms with Crippen molar-refractivity contribution in [3.8, 4) is 0 Å². The zero-order valence-electron chi connectivity index (χ0n) is 10.4. The molecule has 0 saturated heterocycles. The van der Waals surface area contributed by atoms with Crippen LogP contribution < -0.4 is 10.6 Å². The molecule has 2 rings (SSSR count). The summed E-state index contributed by atoms with van der Waals surface area (Å²) in [6.45, 7) is 3.59. The molecule has 0 radical (unpaired) electrons. The third-order valence-electron chi connectivity index (χ3n) is 2.50. The highest BCUT2D eigenvalue weighted by Gasteiger charge is 2.03. The number of rotatable bonds is 4. The number of thiazole rings is 1. The molecule has 4 nitrogen and oxygen atoms in total. The van der Waals surface area contributed by atoms with E-state index in [1.54, 1.807) is 29.7 Å². The van der Waals surface area contributed by atoms with Gasteiger partial charge in [0.05, 0.1) is 24.3 Å². The summed E-state index contributed by atoms with van der Waals surface area (Å²) in [6, 6.07) is 4.16. The van der Waals surface area contributed by atoms with E-state index in [-0.39, 0.29) is 0 Å². The van der Waals surface area contributed by atoms with Crippen LogP contribution in [0.15, 0.2) is 28.0 Å². The molecule has 0 bridgehead atoms. The van der Waals surface area contributed by atoms with Gasteiger partial charge in [0.25, 0.3) is 0 Å². The average molecular weight is 280 g/mol. The molecule has 0 saturated carbocycles. The minimum absolute atomic E-state index is 0.764. The Balaban J connectivity index is 1.81. The first-order valence-electron chi connectivity index (χ1n) is 5.65. The molecule has 2 heterocycles. The Morgan fingerprint density at radius 3 is 2.78 bits per heavy atom. The van der Waals surface area contributed by atoms with Crippen molar-refractivity contribution >= 4 is 28.6 Å². The summed E-state index contributed by atoms with van der Waals surface area (Å²) < 4.78 is 0. The van der Waals surface area contributed by atoms with Crippen molar-refractivity contribution in [2.24, 2.45) is 4.99 Å². The second-order valence-corrected chi connectivity index (χ2v) is 5.69. The zero-order chi connectivity index (χ0) is 12.8. The molecule has 2 N–H and O–H groups in total. The molecule has 0 amide bonds. The number of guanidine groups is 1. The standard InChI is InChI=1S/C12H16N4S2/c1-9-11(18-8-16-9)7-15-12(13-2)14-6-10-4-3-5-17-10/h3-5,8H,6-7H2,1-2H3,(H2,13,14,15). The van der Waals surface area contributed by atoms with Crippen molar-refractivity contribution in [3.63, 3.8) is 0 Å². The van der Waals surface area contributed by atoms with Gasteiger partial charge in [-0.1, -0.05) is 6.07 Å². The summed E-state index contributed by atoms with van der Waals surface area (Å²) in [6.07, 6.45) is 0. The Morgan fingerprint density at radius 2 is 2.17 bits per heavy atom. The Bertz CT molecular complexity index is 502. The van der Waals surface area contributed by atoms with E-state index in [2.05, 4.69) is 38.1 Å². The van der Waals surface area contributed by atoms with Crippen LogP contribution in [0.3, 0.4) is 0 Å². The average Bonchev–Trinajstić information content (AvgIpc) is 3.01. The van der Waals surface area contributed by atoms with Crippen LogP contribution >= 0.6 is 22.7 Å². The number of nitrogens with one attached hydrogen (secondary N) is 2. The Hall–Kier alpha value is -1.40. The molecule has 2 aromatic rings. The summed E-state index contributed by atoms with van der Waals surface area (Å²) in [5, 5.41) is 8.65. The fraction of sp³-hybridized carbons (Fsp3) is 0.333. The predicted molar refractivity (Wildman–Crippen MR) is 78.2 cm³/mol. The largest absolute Gasteiger partial charge is 0.352 e. The molecule has 2 aromatic heterocycles. The number of nitrogens with zero attached hydrogens (tertiary/aromatic N) is 2. The summed E-state index contributed by atoms with van der Waals surface area (Å²) in [5.41, 5.74) is 2.95. The number of aromatic nitrogens is 1. The van der Waals surface area contributed by atoms with Crippen LogP contribution in [0.2, 0.25) is 0 Å². The molecular formula is C12H16N4S2. The van der Waals surface area contributed by atoms with Crippen LogP contribution in [-0.4, -0.2) is 18.0 Å². The summed E-state index contributed by atoms with van der Waals surface area (Å²) in [4.78, 5) is 11.0. The number of hydrogen-bond donors (Lipinski definition) is 2. The molecule has 96 valence electrons. The minimum Gasteiger partial charge on any atom is -0.352 e. The summed E-state index contributed by atoms with van der Waals surface area (Å²) in [7, 11) is 1.78. The monoisotopic (exact) mass is 280 g/mol. The van der Waals surface area contributed by atoms with Crippen molar-refractivity contribution in [2.45, 2.75) is 20.0 Å². The highest BCUT2D eigenvalue weighted by molar-refractivity contribution is 7.10. The molecule has 18 heavy (non-hydrogen) atoms. The molecule has 0 aliphatic rings. The first-order chi connectivity index (χ1) is 8.79. The minimum atomic E-state index is 0.764. The second-order valence-electron chi connectivity index (χ2n) is 3.72. The fourth-order valence-electron chi connectivity index (χ4n) is 1.46. The lowest BCUT2D eigenvalue weighted by Gasteiger charge is -2.10. The molecule has 0 unspecified atom stereocenters. The molecular weight excluding hydrogens is 264 g/mol. The highest BCUT2D eigenvalue weighted by Crippen LogP contribution is 2.11. The lowest BCUT2D eigenvalue weighted by molar-refractivity contribution is 0.818. The van der Waals surface area contributed by atoms with Gasteiger partial charge in [-0.15, -0.1) is 22.7 Å². The lowest BCUT2D eigenvalue weighted by atomic mass is 10.4. The van der Waals surface area contributed by atoms with Gasteiger partial charge >= 0.3 is 0 Å². The number of aliphatic imine (C=N–C) groups is 1. The molecule has 0 fully saturated rings. The molecule has 0 aliphatic carbocycles. The van der Waals surface area contributed by atoms with Gasteiger partial charge < -0.3 is 10.6 Å². The number of aryl methyl sites for hydroxylation is 1. The van der Waals surface area contributed by atoms with Gasteiger partial charge in [0, 0.05) is 16.8 Å². The van der Waals surface area contributed by atoms with E-state index < -0.39 is 0 Å². The summed E-state index contributed by atoms with van der Waals surface area (Å²) >= 11 is 3.40. The van der Waals surface area contributed by atoms with E-state index in [9.17, 15) is 0 Å². The lowest BCUT2D eigenvalue weighted by Crippen LogP contribution is -2.36. The van der Waals surface area contributed by atoms with Crippen LogP contribution in [0.25, 0.3) is 0 Å². The van der Waals surface area contributed by atoms with Gasteiger partial charge in [0.2, 0.25) is 0 Å². The van der Waals surface area contributed by atoms with E-state index in [1.807, 2.05) is 12.4 Å². The normalized spacial score (nSPS) is 11.6. The second kappa shape index (κ2) is 6.51. The molecule has 0 aliphatic heterocycles. The Kier molecular flexibility index (Phi) is 4.72. The van der Waals surface area contributed by atoms with Gasteiger partial charge in [-0.2, -0.15) is 0 Å². The fourth-order valence-corrected chi connectivity index (χ4v) is 2.83. The van der Waals surface area contributed by atoms with Crippen LogP contribution in [-0.2, 0) is 13.1 Å². The molecule has 0 aromatic carbocycles. The maximum atomic E-state index is 4.23. The smallest absolute Gasteiger partial charge is 0.191 e. The maximum Gasteiger partial charge on any atom is 0.191 e. The van der Waals surface area contributed by atoms with Gasteiger partial charge in [0.1, 0.15) is 0 Å².